The molecule has 132 valence electrons. The lowest BCUT2D eigenvalue weighted by Crippen LogP contribution is -2.49. The maximum atomic E-state index is 13.3. The van der Waals surface area contributed by atoms with Crippen molar-refractivity contribution in [2.75, 3.05) is 31.5 Å². The van der Waals surface area contributed by atoms with E-state index in [1.165, 1.54) is 17.2 Å². The molecule has 1 aliphatic rings. The van der Waals surface area contributed by atoms with Crippen LogP contribution in [0.1, 0.15) is 16.7 Å². The standard InChI is InChI=1S/C20H24FN3S/c1-15-6-7-19(16(2)12-15)22-20(25)24-10-8-23(9-11-24)14-17-4-3-5-18(21)13-17/h3-7,12-13H,8-11,14H2,1-2H3,(H,22,25). The molecule has 1 aliphatic heterocycles. The van der Waals surface area contributed by atoms with Gasteiger partial charge in [0.25, 0.3) is 0 Å². The second-order valence-electron chi connectivity index (χ2n) is 6.64. The number of hydrogen-bond donors (Lipinski definition) is 1. The summed E-state index contributed by atoms with van der Waals surface area (Å²) in [6.45, 7) is 8.57. The van der Waals surface area contributed by atoms with Crippen molar-refractivity contribution in [3.05, 3.63) is 65.0 Å². The number of rotatable bonds is 3. The van der Waals surface area contributed by atoms with Gasteiger partial charge in [0.2, 0.25) is 0 Å². The molecular formula is C20H24FN3S. The Kier molecular flexibility index (Phi) is 5.66. The van der Waals surface area contributed by atoms with E-state index in [0.29, 0.717) is 0 Å². The minimum absolute atomic E-state index is 0.171. The van der Waals surface area contributed by atoms with E-state index in [-0.39, 0.29) is 5.82 Å². The van der Waals surface area contributed by atoms with Crippen molar-refractivity contribution >= 4 is 23.0 Å². The number of thiocarbonyl (C=S) groups is 1. The van der Waals surface area contributed by atoms with Crippen molar-refractivity contribution in [3.8, 4) is 0 Å². The Balaban J connectivity index is 1.52. The fourth-order valence-corrected chi connectivity index (χ4v) is 3.44. The second kappa shape index (κ2) is 7.93. The molecule has 0 bridgehead atoms. The highest BCUT2D eigenvalue weighted by Crippen LogP contribution is 2.17. The minimum atomic E-state index is -0.171. The summed E-state index contributed by atoms with van der Waals surface area (Å²) >= 11 is 5.58. The molecule has 0 aliphatic carbocycles. The molecule has 1 N–H and O–H groups in total. The van der Waals surface area contributed by atoms with Crippen LogP contribution in [0.4, 0.5) is 10.1 Å². The lowest BCUT2D eigenvalue weighted by Gasteiger charge is -2.36. The number of halogens is 1. The van der Waals surface area contributed by atoms with Crippen molar-refractivity contribution < 1.29 is 4.39 Å². The van der Waals surface area contributed by atoms with E-state index in [1.54, 1.807) is 12.1 Å². The van der Waals surface area contributed by atoms with Gasteiger partial charge in [0.15, 0.2) is 5.11 Å². The lowest BCUT2D eigenvalue weighted by atomic mass is 10.1. The van der Waals surface area contributed by atoms with Gasteiger partial charge in [0, 0.05) is 38.4 Å². The summed E-state index contributed by atoms with van der Waals surface area (Å²) in [6.07, 6.45) is 0. The molecule has 1 heterocycles. The van der Waals surface area contributed by atoms with Crippen LogP contribution in [0.2, 0.25) is 0 Å². The Labute approximate surface area is 154 Å². The number of anilines is 1. The molecule has 0 radical (unpaired) electrons. The van der Waals surface area contributed by atoms with E-state index in [9.17, 15) is 4.39 Å². The largest absolute Gasteiger partial charge is 0.346 e. The molecule has 0 spiro atoms. The normalized spacial score (nSPS) is 15.2. The molecule has 2 aromatic carbocycles. The predicted molar refractivity (Wildman–Crippen MR) is 105 cm³/mol. The van der Waals surface area contributed by atoms with Crippen LogP contribution in [-0.4, -0.2) is 41.1 Å². The van der Waals surface area contributed by atoms with E-state index in [1.807, 2.05) is 6.07 Å². The number of benzene rings is 2. The van der Waals surface area contributed by atoms with Gasteiger partial charge in [-0.2, -0.15) is 0 Å². The van der Waals surface area contributed by atoms with E-state index in [2.05, 4.69) is 47.2 Å². The van der Waals surface area contributed by atoms with Crippen LogP contribution in [0.5, 0.6) is 0 Å². The zero-order chi connectivity index (χ0) is 17.8. The molecule has 2 aromatic rings. The van der Waals surface area contributed by atoms with Crippen molar-refractivity contribution in [2.45, 2.75) is 20.4 Å². The first-order valence-electron chi connectivity index (χ1n) is 8.61. The summed E-state index contributed by atoms with van der Waals surface area (Å²) < 4.78 is 13.3. The van der Waals surface area contributed by atoms with Gasteiger partial charge >= 0.3 is 0 Å². The molecule has 1 fully saturated rings. The summed E-state index contributed by atoms with van der Waals surface area (Å²) in [5.41, 5.74) is 4.54. The van der Waals surface area contributed by atoms with Gasteiger partial charge in [0.05, 0.1) is 0 Å². The predicted octanol–water partition coefficient (Wildman–Crippen LogP) is 3.96. The highest BCUT2D eigenvalue weighted by atomic mass is 32.1. The number of hydrogen-bond acceptors (Lipinski definition) is 2. The first-order chi connectivity index (χ1) is 12.0. The van der Waals surface area contributed by atoms with Gasteiger partial charge in [-0.1, -0.05) is 29.8 Å². The van der Waals surface area contributed by atoms with Crippen molar-refractivity contribution in [1.82, 2.24) is 9.80 Å². The average Bonchev–Trinajstić information content (AvgIpc) is 2.58. The van der Waals surface area contributed by atoms with E-state index in [4.69, 9.17) is 12.2 Å². The molecular weight excluding hydrogens is 333 g/mol. The molecule has 0 unspecified atom stereocenters. The molecule has 0 saturated carbocycles. The van der Waals surface area contributed by atoms with Crippen LogP contribution in [0, 0.1) is 19.7 Å². The Hall–Kier alpha value is -1.98. The molecule has 5 heteroatoms. The van der Waals surface area contributed by atoms with Gasteiger partial charge in [-0.25, -0.2) is 4.39 Å². The highest BCUT2D eigenvalue weighted by molar-refractivity contribution is 7.80. The molecule has 0 atom stereocenters. The van der Waals surface area contributed by atoms with Crippen LogP contribution >= 0.6 is 12.2 Å². The summed E-state index contributed by atoms with van der Waals surface area (Å²) in [5.74, 6) is -0.171. The zero-order valence-corrected chi connectivity index (χ0v) is 15.6. The van der Waals surface area contributed by atoms with Crippen molar-refractivity contribution in [3.63, 3.8) is 0 Å². The highest BCUT2D eigenvalue weighted by Gasteiger charge is 2.19. The van der Waals surface area contributed by atoms with Crippen LogP contribution in [0.3, 0.4) is 0 Å². The molecule has 0 amide bonds. The third-order valence-electron chi connectivity index (χ3n) is 4.58. The Morgan fingerprint density at radius 2 is 1.84 bits per heavy atom. The maximum absolute atomic E-state index is 13.3. The first-order valence-corrected chi connectivity index (χ1v) is 9.02. The maximum Gasteiger partial charge on any atom is 0.173 e. The molecule has 1 saturated heterocycles. The lowest BCUT2D eigenvalue weighted by molar-refractivity contribution is 0.177. The van der Waals surface area contributed by atoms with Crippen molar-refractivity contribution in [1.29, 1.82) is 0 Å². The molecule has 25 heavy (non-hydrogen) atoms. The Bertz CT molecular complexity index is 754. The van der Waals surface area contributed by atoms with Gasteiger partial charge < -0.3 is 10.2 Å². The third kappa shape index (κ3) is 4.77. The molecule has 0 aromatic heterocycles. The fourth-order valence-electron chi connectivity index (χ4n) is 3.15. The number of nitrogens with one attached hydrogen (secondary N) is 1. The smallest absolute Gasteiger partial charge is 0.173 e. The Morgan fingerprint density at radius 1 is 1.08 bits per heavy atom. The molecule has 3 nitrogen and oxygen atoms in total. The van der Waals surface area contributed by atoms with Crippen LogP contribution in [0.15, 0.2) is 42.5 Å². The topological polar surface area (TPSA) is 18.5 Å². The Morgan fingerprint density at radius 3 is 2.52 bits per heavy atom. The quantitative estimate of drug-likeness (QED) is 0.838. The minimum Gasteiger partial charge on any atom is -0.346 e. The SMILES string of the molecule is Cc1ccc(NC(=S)N2CCN(Cc3cccc(F)c3)CC2)c(C)c1. The monoisotopic (exact) mass is 357 g/mol. The summed E-state index contributed by atoms with van der Waals surface area (Å²) in [5, 5.41) is 4.14. The summed E-state index contributed by atoms with van der Waals surface area (Å²) in [4.78, 5) is 4.54. The van der Waals surface area contributed by atoms with Crippen LogP contribution in [-0.2, 0) is 6.54 Å². The summed E-state index contributed by atoms with van der Waals surface area (Å²) in [7, 11) is 0. The second-order valence-corrected chi connectivity index (χ2v) is 7.03. The number of aryl methyl sites for hydroxylation is 2. The van der Waals surface area contributed by atoms with Crippen molar-refractivity contribution in [2.24, 2.45) is 0 Å². The third-order valence-corrected chi connectivity index (χ3v) is 4.94. The van der Waals surface area contributed by atoms with E-state index in [0.717, 1.165) is 49.1 Å². The van der Waals surface area contributed by atoms with Gasteiger partial charge in [-0.3, -0.25) is 4.90 Å². The van der Waals surface area contributed by atoms with Gasteiger partial charge in [-0.15, -0.1) is 0 Å². The fraction of sp³-hybridized carbons (Fsp3) is 0.350. The zero-order valence-electron chi connectivity index (χ0n) is 14.8. The van der Waals surface area contributed by atoms with Gasteiger partial charge in [-0.05, 0) is 55.4 Å². The van der Waals surface area contributed by atoms with Crippen LogP contribution < -0.4 is 5.32 Å². The van der Waals surface area contributed by atoms with Gasteiger partial charge in [0.1, 0.15) is 5.82 Å². The summed E-state index contributed by atoms with van der Waals surface area (Å²) in [6, 6.07) is 13.2. The van der Waals surface area contributed by atoms with E-state index >= 15 is 0 Å². The average molecular weight is 357 g/mol. The van der Waals surface area contributed by atoms with Crippen LogP contribution in [0.25, 0.3) is 0 Å². The molecule has 3 rings (SSSR count). The first kappa shape index (κ1) is 17.8. The number of nitrogens with zero attached hydrogens (tertiary/aromatic N) is 2. The van der Waals surface area contributed by atoms with E-state index < -0.39 is 0 Å². The number of piperazine rings is 1.